The molecule has 0 saturated heterocycles. The Labute approximate surface area is 126 Å². The second kappa shape index (κ2) is 5.56. The van der Waals surface area contributed by atoms with Gasteiger partial charge >= 0.3 is 0 Å². The lowest BCUT2D eigenvalue weighted by Gasteiger charge is -2.23. The van der Waals surface area contributed by atoms with Crippen molar-refractivity contribution >= 4 is 15.9 Å². The Bertz CT molecular complexity index is 612. The van der Waals surface area contributed by atoms with E-state index in [1.165, 1.54) is 12.8 Å². The summed E-state index contributed by atoms with van der Waals surface area (Å²) in [4.78, 5) is 4.48. The zero-order valence-corrected chi connectivity index (χ0v) is 12.9. The van der Waals surface area contributed by atoms with Gasteiger partial charge in [0.15, 0.2) is 5.82 Å². The molecule has 0 amide bonds. The minimum absolute atomic E-state index is 0.153. The standard InChI is InChI=1S/C15H17BrN2O2/c1-9-3-2-4-10(7-9)14-17-15(20-18-14)12-8-11(16)5-6-13(12)19/h5-6,8-10,19H,2-4,7H2,1H3. The zero-order valence-electron chi connectivity index (χ0n) is 11.3. The van der Waals surface area contributed by atoms with Gasteiger partial charge < -0.3 is 9.63 Å². The second-order valence-corrected chi connectivity index (χ2v) is 6.50. The summed E-state index contributed by atoms with van der Waals surface area (Å²) in [6, 6.07) is 5.18. The lowest BCUT2D eigenvalue weighted by molar-refractivity contribution is 0.324. The molecule has 1 aliphatic rings. The van der Waals surface area contributed by atoms with E-state index in [0.717, 1.165) is 29.1 Å². The molecule has 1 aromatic carbocycles. The maximum absolute atomic E-state index is 9.90. The van der Waals surface area contributed by atoms with E-state index in [1.54, 1.807) is 18.2 Å². The average Bonchev–Trinajstić information content (AvgIpc) is 2.91. The first-order valence-electron chi connectivity index (χ1n) is 6.96. The quantitative estimate of drug-likeness (QED) is 0.877. The molecule has 0 spiro atoms. The van der Waals surface area contributed by atoms with E-state index in [-0.39, 0.29) is 5.75 Å². The molecule has 20 heavy (non-hydrogen) atoms. The van der Waals surface area contributed by atoms with Gasteiger partial charge in [-0.1, -0.05) is 40.9 Å². The van der Waals surface area contributed by atoms with Gasteiger partial charge in [-0.05, 0) is 37.0 Å². The zero-order chi connectivity index (χ0) is 14.1. The summed E-state index contributed by atoms with van der Waals surface area (Å²) in [5.41, 5.74) is 0.571. The Kier molecular flexibility index (Phi) is 3.78. The van der Waals surface area contributed by atoms with Crippen LogP contribution in [0.1, 0.15) is 44.3 Å². The molecule has 1 aromatic heterocycles. The monoisotopic (exact) mass is 336 g/mol. The summed E-state index contributed by atoms with van der Waals surface area (Å²) < 4.78 is 6.20. The fourth-order valence-electron chi connectivity index (χ4n) is 2.86. The van der Waals surface area contributed by atoms with Gasteiger partial charge in [-0.2, -0.15) is 4.98 Å². The fourth-order valence-corrected chi connectivity index (χ4v) is 3.22. The Balaban J connectivity index is 1.88. The van der Waals surface area contributed by atoms with Gasteiger partial charge in [-0.25, -0.2) is 0 Å². The van der Waals surface area contributed by atoms with E-state index in [2.05, 4.69) is 33.0 Å². The van der Waals surface area contributed by atoms with Crippen molar-refractivity contribution in [3.63, 3.8) is 0 Å². The van der Waals surface area contributed by atoms with Crippen molar-refractivity contribution in [3.05, 3.63) is 28.5 Å². The summed E-state index contributed by atoms with van der Waals surface area (Å²) in [6.45, 7) is 2.27. The Morgan fingerprint density at radius 1 is 1.35 bits per heavy atom. The molecule has 0 aliphatic heterocycles. The number of rotatable bonds is 2. The van der Waals surface area contributed by atoms with Gasteiger partial charge in [-0.3, -0.25) is 0 Å². The Hall–Kier alpha value is -1.36. The number of hydrogen-bond acceptors (Lipinski definition) is 4. The molecule has 4 nitrogen and oxygen atoms in total. The van der Waals surface area contributed by atoms with E-state index in [0.29, 0.717) is 17.4 Å². The Morgan fingerprint density at radius 3 is 3.00 bits per heavy atom. The van der Waals surface area contributed by atoms with Crippen LogP contribution in [0, 0.1) is 5.92 Å². The van der Waals surface area contributed by atoms with Gasteiger partial charge in [0.2, 0.25) is 0 Å². The summed E-state index contributed by atoms with van der Waals surface area (Å²) in [7, 11) is 0. The minimum Gasteiger partial charge on any atom is -0.507 e. The minimum atomic E-state index is 0.153. The van der Waals surface area contributed by atoms with Gasteiger partial charge in [0.05, 0.1) is 5.56 Å². The number of aromatic hydroxyl groups is 1. The van der Waals surface area contributed by atoms with Crippen LogP contribution in [-0.4, -0.2) is 15.2 Å². The largest absolute Gasteiger partial charge is 0.507 e. The summed E-state index contributed by atoms with van der Waals surface area (Å²) >= 11 is 3.38. The number of hydrogen-bond donors (Lipinski definition) is 1. The molecule has 5 heteroatoms. The van der Waals surface area contributed by atoms with E-state index < -0.39 is 0 Å². The van der Waals surface area contributed by atoms with Crippen LogP contribution in [0.3, 0.4) is 0 Å². The van der Waals surface area contributed by atoms with Crippen molar-refractivity contribution in [3.8, 4) is 17.2 Å². The van der Waals surface area contributed by atoms with E-state index in [4.69, 9.17) is 4.52 Å². The second-order valence-electron chi connectivity index (χ2n) is 5.59. The molecule has 2 atom stereocenters. The molecule has 1 fully saturated rings. The predicted octanol–water partition coefficient (Wildman–Crippen LogP) is 4.50. The van der Waals surface area contributed by atoms with Crippen molar-refractivity contribution < 1.29 is 9.63 Å². The lowest BCUT2D eigenvalue weighted by atomic mass is 9.82. The van der Waals surface area contributed by atoms with E-state index in [9.17, 15) is 5.11 Å². The molecular formula is C15H17BrN2O2. The maximum atomic E-state index is 9.90. The highest BCUT2D eigenvalue weighted by molar-refractivity contribution is 9.10. The molecule has 2 unspecified atom stereocenters. The van der Waals surface area contributed by atoms with Crippen LogP contribution in [0.15, 0.2) is 27.2 Å². The molecule has 1 aliphatic carbocycles. The van der Waals surface area contributed by atoms with Crippen LogP contribution in [0.2, 0.25) is 0 Å². The van der Waals surface area contributed by atoms with Crippen molar-refractivity contribution in [2.75, 3.05) is 0 Å². The molecule has 0 radical (unpaired) electrons. The van der Waals surface area contributed by atoms with Crippen molar-refractivity contribution in [1.82, 2.24) is 10.1 Å². The number of halogens is 1. The highest BCUT2D eigenvalue weighted by Gasteiger charge is 2.25. The van der Waals surface area contributed by atoms with Crippen molar-refractivity contribution in [1.29, 1.82) is 0 Å². The van der Waals surface area contributed by atoms with Crippen LogP contribution in [0.5, 0.6) is 5.75 Å². The van der Waals surface area contributed by atoms with Gasteiger partial charge in [-0.15, -0.1) is 0 Å². The molecule has 3 rings (SSSR count). The number of nitrogens with zero attached hydrogens (tertiary/aromatic N) is 2. The molecule has 2 aromatic rings. The summed E-state index contributed by atoms with van der Waals surface area (Å²) in [5.74, 6) is 2.41. The summed E-state index contributed by atoms with van der Waals surface area (Å²) in [5, 5.41) is 14.0. The van der Waals surface area contributed by atoms with Crippen molar-refractivity contribution in [2.45, 2.75) is 38.5 Å². The third kappa shape index (κ3) is 2.73. The van der Waals surface area contributed by atoms with Crippen LogP contribution < -0.4 is 0 Å². The summed E-state index contributed by atoms with van der Waals surface area (Å²) in [6.07, 6.45) is 4.74. The first-order valence-corrected chi connectivity index (χ1v) is 7.75. The van der Waals surface area contributed by atoms with E-state index in [1.807, 2.05) is 0 Å². The van der Waals surface area contributed by atoms with Gasteiger partial charge in [0.1, 0.15) is 5.75 Å². The third-order valence-electron chi connectivity index (χ3n) is 3.93. The van der Waals surface area contributed by atoms with E-state index >= 15 is 0 Å². The predicted molar refractivity (Wildman–Crippen MR) is 79.5 cm³/mol. The van der Waals surface area contributed by atoms with Crippen LogP contribution in [0.25, 0.3) is 11.5 Å². The number of aromatic nitrogens is 2. The third-order valence-corrected chi connectivity index (χ3v) is 4.43. The lowest BCUT2D eigenvalue weighted by Crippen LogP contribution is -2.12. The van der Waals surface area contributed by atoms with Crippen LogP contribution in [-0.2, 0) is 0 Å². The highest BCUT2D eigenvalue weighted by atomic mass is 79.9. The first-order chi connectivity index (χ1) is 9.63. The molecular weight excluding hydrogens is 320 g/mol. The van der Waals surface area contributed by atoms with Crippen LogP contribution >= 0.6 is 15.9 Å². The molecule has 0 bridgehead atoms. The average molecular weight is 337 g/mol. The smallest absolute Gasteiger partial charge is 0.261 e. The maximum Gasteiger partial charge on any atom is 0.261 e. The highest BCUT2D eigenvalue weighted by Crippen LogP contribution is 2.36. The van der Waals surface area contributed by atoms with Crippen LogP contribution in [0.4, 0.5) is 0 Å². The molecule has 106 valence electrons. The molecule has 1 N–H and O–H groups in total. The molecule has 1 heterocycles. The van der Waals surface area contributed by atoms with Gasteiger partial charge in [0.25, 0.3) is 5.89 Å². The number of benzene rings is 1. The topological polar surface area (TPSA) is 59.2 Å². The number of phenols is 1. The normalized spacial score (nSPS) is 22.9. The fraction of sp³-hybridized carbons (Fsp3) is 0.467. The Morgan fingerprint density at radius 2 is 2.20 bits per heavy atom. The number of phenolic OH excluding ortho intramolecular Hbond substituents is 1. The van der Waals surface area contributed by atoms with Gasteiger partial charge in [0, 0.05) is 10.4 Å². The SMILES string of the molecule is CC1CCCC(c2noc(-c3cc(Br)ccc3O)n2)C1. The van der Waals surface area contributed by atoms with Crippen molar-refractivity contribution in [2.24, 2.45) is 5.92 Å². The molecule has 1 saturated carbocycles. The first kappa shape index (κ1) is 13.6.